The van der Waals surface area contributed by atoms with Gasteiger partial charge in [-0.1, -0.05) is 30.9 Å². The first kappa shape index (κ1) is 22.3. The third-order valence-electron chi connectivity index (χ3n) is 6.05. The maximum atomic E-state index is 13.6. The zero-order valence-corrected chi connectivity index (χ0v) is 18.9. The Hall–Kier alpha value is -4.50. The van der Waals surface area contributed by atoms with Crippen LogP contribution in [0.4, 0.5) is 17.1 Å². The third kappa shape index (κ3) is 4.13. The highest BCUT2D eigenvalue weighted by molar-refractivity contribution is 5.95. The monoisotopic (exact) mass is 469 g/mol. The molecule has 0 amide bonds. The SMILES string of the molecule is C=Cc1cc(N)cc(-c2nn(-c3cc(N4CCOCC4)ccc3[N+](=O)[O-])c(=O)c3ccccc23)c1. The number of hydrogen-bond donors (Lipinski definition) is 1. The van der Waals surface area contributed by atoms with Gasteiger partial charge in [-0.15, -0.1) is 0 Å². The highest BCUT2D eigenvalue weighted by Gasteiger charge is 2.23. The second-order valence-corrected chi connectivity index (χ2v) is 8.23. The maximum absolute atomic E-state index is 13.6. The van der Waals surface area contributed by atoms with Gasteiger partial charge in [0.05, 0.1) is 29.2 Å². The van der Waals surface area contributed by atoms with Gasteiger partial charge in [-0.2, -0.15) is 9.78 Å². The van der Waals surface area contributed by atoms with Crippen LogP contribution in [0.3, 0.4) is 0 Å². The van der Waals surface area contributed by atoms with Crippen LogP contribution in [0, 0.1) is 10.1 Å². The Labute approximate surface area is 200 Å². The largest absolute Gasteiger partial charge is 0.399 e. The van der Waals surface area contributed by atoms with Gasteiger partial charge < -0.3 is 15.4 Å². The van der Waals surface area contributed by atoms with Crippen LogP contribution in [0.2, 0.25) is 0 Å². The number of fused-ring (bicyclic) bond motifs is 1. The van der Waals surface area contributed by atoms with E-state index in [4.69, 9.17) is 10.5 Å². The molecule has 0 unspecified atom stereocenters. The zero-order chi connectivity index (χ0) is 24.5. The molecule has 5 rings (SSSR count). The van der Waals surface area contributed by atoms with Crippen molar-refractivity contribution >= 4 is 33.9 Å². The van der Waals surface area contributed by atoms with Gasteiger partial charge in [-0.05, 0) is 42.0 Å². The lowest BCUT2D eigenvalue weighted by atomic mass is 10.0. The Kier molecular flexibility index (Phi) is 5.76. The van der Waals surface area contributed by atoms with Crippen LogP contribution in [0.1, 0.15) is 5.56 Å². The van der Waals surface area contributed by atoms with Gasteiger partial charge >= 0.3 is 0 Å². The highest BCUT2D eigenvalue weighted by Crippen LogP contribution is 2.31. The van der Waals surface area contributed by atoms with E-state index in [1.165, 1.54) is 6.07 Å². The lowest BCUT2D eigenvalue weighted by molar-refractivity contribution is -0.384. The lowest BCUT2D eigenvalue weighted by Gasteiger charge is -2.29. The van der Waals surface area contributed by atoms with Crippen LogP contribution in [-0.4, -0.2) is 41.0 Å². The zero-order valence-electron chi connectivity index (χ0n) is 18.9. The van der Waals surface area contributed by atoms with Gasteiger partial charge in [0.15, 0.2) is 0 Å². The fraction of sp³-hybridized carbons (Fsp3) is 0.154. The Morgan fingerprint density at radius 3 is 2.51 bits per heavy atom. The average Bonchev–Trinajstić information content (AvgIpc) is 2.88. The molecule has 0 saturated carbocycles. The quantitative estimate of drug-likeness (QED) is 0.266. The minimum Gasteiger partial charge on any atom is -0.399 e. The molecule has 1 fully saturated rings. The summed E-state index contributed by atoms with van der Waals surface area (Å²) in [6.07, 6.45) is 1.68. The van der Waals surface area contributed by atoms with E-state index < -0.39 is 10.5 Å². The molecule has 3 aromatic carbocycles. The standard InChI is InChI=1S/C26H23N5O4/c1-2-17-13-18(15-19(27)14-17)25-21-5-3-4-6-22(21)26(32)30(28-25)24-16-20(7-8-23(24)31(33)34)29-9-11-35-12-10-29/h2-8,13-16H,1,9-12,27H2. The molecule has 1 aromatic heterocycles. The van der Waals surface area contributed by atoms with Crippen molar-refractivity contribution < 1.29 is 9.66 Å². The molecule has 0 atom stereocenters. The van der Waals surface area contributed by atoms with Crippen LogP contribution in [0.15, 0.2) is 72.0 Å². The summed E-state index contributed by atoms with van der Waals surface area (Å²) in [5.74, 6) is 0. The van der Waals surface area contributed by atoms with E-state index in [-0.39, 0.29) is 11.4 Å². The summed E-state index contributed by atoms with van der Waals surface area (Å²) in [4.78, 5) is 27.1. The van der Waals surface area contributed by atoms with E-state index in [2.05, 4.69) is 16.6 Å². The second-order valence-electron chi connectivity index (χ2n) is 8.23. The van der Waals surface area contributed by atoms with Crippen LogP contribution >= 0.6 is 0 Å². The molecular weight excluding hydrogens is 446 g/mol. The number of nitrogens with zero attached hydrogens (tertiary/aromatic N) is 4. The molecule has 4 aromatic rings. The maximum Gasteiger partial charge on any atom is 0.295 e. The number of rotatable bonds is 5. The van der Waals surface area contributed by atoms with Crippen molar-refractivity contribution in [2.75, 3.05) is 36.9 Å². The highest BCUT2D eigenvalue weighted by atomic mass is 16.6. The molecule has 1 saturated heterocycles. The van der Waals surface area contributed by atoms with Gasteiger partial charge in [-0.25, -0.2) is 0 Å². The van der Waals surface area contributed by atoms with E-state index >= 15 is 0 Å². The molecule has 0 bridgehead atoms. The van der Waals surface area contributed by atoms with E-state index in [1.807, 2.05) is 12.1 Å². The summed E-state index contributed by atoms with van der Waals surface area (Å²) in [6, 6.07) is 17.2. The molecule has 2 N–H and O–H groups in total. The van der Waals surface area contributed by atoms with Crippen LogP contribution < -0.4 is 16.2 Å². The molecule has 0 spiro atoms. The van der Waals surface area contributed by atoms with Crippen molar-refractivity contribution in [3.05, 3.63) is 93.3 Å². The van der Waals surface area contributed by atoms with Crippen LogP contribution in [-0.2, 0) is 4.74 Å². The number of benzene rings is 3. The molecule has 35 heavy (non-hydrogen) atoms. The average molecular weight is 470 g/mol. The molecule has 1 aliphatic rings. The number of hydrogen-bond acceptors (Lipinski definition) is 7. The number of anilines is 2. The normalized spacial score (nSPS) is 13.7. The first-order valence-electron chi connectivity index (χ1n) is 11.1. The van der Waals surface area contributed by atoms with Crippen LogP contribution in [0.25, 0.3) is 33.8 Å². The van der Waals surface area contributed by atoms with E-state index in [1.54, 1.807) is 48.5 Å². The van der Waals surface area contributed by atoms with Crippen molar-refractivity contribution in [1.82, 2.24) is 9.78 Å². The van der Waals surface area contributed by atoms with Crippen molar-refractivity contribution in [2.45, 2.75) is 0 Å². The fourth-order valence-corrected chi connectivity index (χ4v) is 4.35. The molecular formula is C26H23N5O4. The summed E-state index contributed by atoms with van der Waals surface area (Å²) >= 11 is 0. The third-order valence-corrected chi connectivity index (χ3v) is 6.05. The van der Waals surface area contributed by atoms with Crippen LogP contribution in [0.5, 0.6) is 0 Å². The first-order valence-corrected chi connectivity index (χ1v) is 11.1. The first-order chi connectivity index (χ1) is 17.0. The minimum atomic E-state index is -0.502. The van der Waals surface area contributed by atoms with Gasteiger partial charge in [-0.3, -0.25) is 14.9 Å². The molecule has 9 heteroatoms. The number of aromatic nitrogens is 2. The molecule has 2 heterocycles. The number of nitrogen functional groups attached to an aromatic ring is 1. The Morgan fingerprint density at radius 1 is 1.06 bits per heavy atom. The van der Waals surface area contributed by atoms with Gasteiger partial charge in [0.2, 0.25) is 0 Å². The summed E-state index contributed by atoms with van der Waals surface area (Å²) in [5.41, 5.74) is 8.79. The van der Waals surface area contributed by atoms with Gasteiger partial charge in [0.25, 0.3) is 11.2 Å². The van der Waals surface area contributed by atoms with Gasteiger partial charge in [0.1, 0.15) is 5.69 Å². The van der Waals surface area contributed by atoms with E-state index in [0.717, 1.165) is 15.9 Å². The van der Waals surface area contributed by atoms with E-state index in [0.29, 0.717) is 54.0 Å². The Balaban J connectivity index is 1.80. The van der Waals surface area contributed by atoms with Crippen molar-refractivity contribution in [3.63, 3.8) is 0 Å². The summed E-state index contributed by atoms with van der Waals surface area (Å²) in [7, 11) is 0. The predicted molar refractivity (Wildman–Crippen MR) is 137 cm³/mol. The topological polar surface area (TPSA) is 117 Å². The minimum absolute atomic E-state index is 0.101. The number of ether oxygens (including phenoxy) is 1. The summed E-state index contributed by atoms with van der Waals surface area (Å²) in [5, 5.41) is 17.6. The van der Waals surface area contributed by atoms with E-state index in [9.17, 15) is 14.9 Å². The molecule has 1 aliphatic heterocycles. The second kappa shape index (κ2) is 9.03. The molecule has 0 aliphatic carbocycles. The van der Waals surface area contributed by atoms with Crippen molar-refractivity contribution in [3.8, 4) is 16.9 Å². The van der Waals surface area contributed by atoms with Gasteiger partial charge in [0, 0.05) is 41.5 Å². The molecule has 0 radical (unpaired) electrons. The molecule has 9 nitrogen and oxygen atoms in total. The number of nitro benzene ring substituents is 1. The number of nitrogens with two attached hydrogens (primary N) is 1. The predicted octanol–water partition coefficient (Wildman–Crippen LogP) is 4.02. The smallest absolute Gasteiger partial charge is 0.295 e. The van der Waals surface area contributed by atoms with Crippen molar-refractivity contribution in [2.24, 2.45) is 0 Å². The molecule has 176 valence electrons. The fourth-order valence-electron chi connectivity index (χ4n) is 4.35. The summed E-state index contributed by atoms with van der Waals surface area (Å²) < 4.78 is 6.55. The Bertz CT molecular complexity index is 1520. The Morgan fingerprint density at radius 2 is 1.80 bits per heavy atom. The lowest BCUT2D eigenvalue weighted by Crippen LogP contribution is -2.36. The van der Waals surface area contributed by atoms with Crippen molar-refractivity contribution in [1.29, 1.82) is 0 Å². The number of morpholine rings is 1. The summed E-state index contributed by atoms with van der Waals surface area (Å²) in [6.45, 7) is 6.23. The number of nitro groups is 1.